The first-order valence-corrected chi connectivity index (χ1v) is 6.46. The molecule has 0 unspecified atom stereocenters. The van der Waals surface area contributed by atoms with E-state index < -0.39 is 17.7 Å². The van der Waals surface area contributed by atoms with E-state index >= 15 is 0 Å². The molecule has 1 aromatic rings. The van der Waals surface area contributed by atoms with Gasteiger partial charge in [-0.2, -0.15) is 5.26 Å². The number of nitrogens with one attached hydrogen (secondary N) is 1. The van der Waals surface area contributed by atoms with Crippen molar-refractivity contribution < 1.29 is 17.9 Å². The Kier molecular flexibility index (Phi) is 4.00. The summed E-state index contributed by atoms with van der Waals surface area (Å²) in [5.41, 5.74) is -0.150. The number of halogens is 4. The monoisotopic (exact) mass is 304 g/mol. The minimum Gasteiger partial charge on any atom is -0.404 e. The molecule has 3 nitrogen and oxygen atoms in total. The zero-order valence-corrected chi connectivity index (χ0v) is 11.2. The van der Waals surface area contributed by atoms with E-state index in [0.29, 0.717) is 18.5 Å². The third-order valence-electron chi connectivity index (χ3n) is 3.21. The summed E-state index contributed by atoms with van der Waals surface area (Å²) in [4.78, 5) is 0. The van der Waals surface area contributed by atoms with E-state index in [9.17, 15) is 18.4 Å². The highest BCUT2D eigenvalue weighted by molar-refractivity contribution is 6.32. The van der Waals surface area contributed by atoms with Gasteiger partial charge in [-0.25, -0.2) is 0 Å². The minimum atomic E-state index is -4.78. The van der Waals surface area contributed by atoms with Crippen molar-refractivity contribution in [2.75, 3.05) is 5.32 Å². The van der Waals surface area contributed by atoms with E-state index in [0.717, 1.165) is 18.9 Å². The first-order valence-electron chi connectivity index (χ1n) is 6.08. The Labute approximate surface area is 119 Å². The molecular weight excluding hydrogens is 293 g/mol. The van der Waals surface area contributed by atoms with Crippen LogP contribution in [0.4, 0.5) is 18.9 Å². The summed E-state index contributed by atoms with van der Waals surface area (Å²) in [6.45, 7) is 0. The van der Waals surface area contributed by atoms with Crippen molar-refractivity contribution in [3.63, 3.8) is 0 Å². The highest BCUT2D eigenvalue weighted by atomic mass is 35.5. The quantitative estimate of drug-likeness (QED) is 0.895. The molecule has 0 amide bonds. The Morgan fingerprint density at radius 3 is 2.45 bits per heavy atom. The highest BCUT2D eigenvalue weighted by Gasteiger charge is 2.34. The summed E-state index contributed by atoms with van der Waals surface area (Å²) in [6, 6.07) is 6.12. The molecule has 0 atom stereocenters. The summed E-state index contributed by atoms with van der Waals surface area (Å²) in [6.07, 6.45) is -1.46. The van der Waals surface area contributed by atoms with Crippen LogP contribution in [-0.2, 0) is 0 Å². The van der Waals surface area contributed by atoms with Crippen molar-refractivity contribution in [3.8, 4) is 11.8 Å². The molecule has 1 aromatic carbocycles. The fraction of sp³-hybridized carbons (Fsp3) is 0.462. The maximum absolute atomic E-state index is 12.1. The molecule has 0 saturated heterocycles. The van der Waals surface area contributed by atoms with E-state index in [-0.39, 0.29) is 5.02 Å². The van der Waals surface area contributed by atoms with Gasteiger partial charge in [0.2, 0.25) is 0 Å². The summed E-state index contributed by atoms with van der Waals surface area (Å²) < 4.78 is 40.2. The molecule has 2 rings (SSSR count). The summed E-state index contributed by atoms with van der Waals surface area (Å²) in [5, 5.41) is 12.1. The molecule has 20 heavy (non-hydrogen) atoms. The second-order valence-electron chi connectivity index (χ2n) is 4.72. The smallest absolute Gasteiger partial charge is 0.404 e. The molecule has 0 bridgehead atoms. The van der Waals surface area contributed by atoms with Gasteiger partial charge >= 0.3 is 6.36 Å². The lowest BCUT2D eigenvalue weighted by Crippen LogP contribution is -2.32. The molecule has 0 spiro atoms. The second kappa shape index (κ2) is 5.41. The fourth-order valence-corrected chi connectivity index (χ4v) is 2.52. The van der Waals surface area contributed by atoms with Crippen molar-refractivity contribution in [1.82, 2.24) is 0 Å². The molecule has 0 aromatic heterocycles. The zero-order chi connectivity index (χ0) is 14.8. The lowest BCUT2D eigenvalue weighted by atomic mass is 9.99. The molecule has 7 heteroatoms. The van der Waals surface area contributed by atoms with Crippen LogP contribution in [-0.4, -0.2) is 11.9 Å². The fourth-order valence-electron chi connectivity index (χ4n) is 2.31. The van der Waals surface area contributed by atoms with Gasteiger partial charge in [0.25, 0.3) is 0 Å². The van der Waals surface area contributed by atoms with Crippen molar-refractivity contribution in [2.45, 2.75) is 37.6 Å². The molecule has 108 valence electrons. The second-order valence-corrected chi connectivity index (χ2v) is 5.13. The number of anilines is 1. The largest absolute Gasteiger partial charge is 0.573 e. The highest BCUT2D eigenvalue weighted by Crippen LogP contribution is 2.36. The van der Waals surface area contributed by atoms with Crippen LogP contribution in [0.5, 0.6) is 5.75 Å². The zero-order valence-electron chi connectivity index (χ0n) is 10.4. The van der Waals surface area contributed by atoms with E-state index in [1.807, 2.05) is 0 Å². The topological polar surface area (TPSA) is 45.0 Å². The molecule has 0 heterocycles. The molecule has 1 fully saturated rings. The predicted molar refractivity (Wildman–Crippen MR) is 68.6 cm³/mol. The van der Waals surface area contributed by atoms with Crippen LogP contribution in [0.3, 0.4) is 0 Å². The van der Waals surface area contributed by atoms with Crippen molar-refractivity contribution in [1.29, 1.82) is 5.26 Å². The number of ether oxygens (including phenoxy) is 1. The number of rotatable bonds is 3. The van der Waals surface area contributed by atoms with Crippen LogP contribution in [0, 0.1) is 11.3 Å². The van der Waals surface area contributed by atoms with Gasteiger partial charge in [-0.3, -0.25) is 0 Å². The number of alkyl halides is 3. The Morgan fingerprint density at radius 2 is 1.95 bits per heavy atom. The Balaban J connectivity index is 2.15. The van der Waals surface area contributed by atoms with Gasteiger partial charge in [-0.15, -0.1) is 13.2 Å². The number of hydrogen-bond acceptors (Lipinski definition) is 3. The average Bonchev–Trinajstić information content (AvgIpc) is 2.80. The summed E-state index contributed by atoms with van der Waals surface area (Å²) in [5.74, 6) is -0.456. The van der Waals surface area contributed by atoms with Gasteiger partial charge in [-0.1, -0.05) is 11.6 Å². The van der Waals surface area contributed by atoms with Gasteiger partial charge in [0.15, 0.2) is 0 Å². The standard InChI is InChI=1S/C13H12ClF3N2O/c14-10-7-9(3-4-11(10)20-13(15,16)17)19-12(8-18)5-1-2-6-12/h3-4,7,19H,1-2,5-6H2. The SMILES string of the molecule is N#CC1(Nc2ccc(OC(F)(F)F)c(Cl)c2)CCCC1. The van der Waals surface area contributed by atoms with E-state index in [2.05, 4.69) is 16.1 Å². The third-order valence-corrected chi connectivity index (χ3v) is 3.51. The van der Waals surface area contributed by atoms with Gasteiger partial charge in [0, 0.05) is 5.69 Å². The van der Waals surface area contributed by atoms with E-state index in [1.54, 1.807) is 0 Å². The Hall–Kier alpha value is -1.61. The maximum Gasteiger partial charge on any atom is 0.573 e. The summed E-state index contributed by atoms with van der Waals surface area (Å²) in [7, 11) is 0. The Morgan fingerprint density at radius 1 is 1.30 bits per heavy atom. The van der Waals surface area contributed by atoms with Crippen LogP contribution in [0.25, 0.3) is 0 Å². The van der Waals surface area contributed by atoms with E-state index in [1.165, 1.54) is 12.1 Å². The molecular formula is C13H12ClF3N2O. The molecule has 0 radical (unpaired) electrons. The van der Waals surface area contributed by atoms with Gasteiger partial charge < -0.3 is 10.1 Å². The predicted octanol–water partition coefficient (Wildman–Crippen LogP) is 4.49. The normalized spacial score (nSPS) is 17.6. The van der Waals surface area contributed by atoms with Gasteiger partial charge in [0.1, 0.15) is 11.3 Å². The maximum atomic E-state index is 12.1. The number of benzene rings is 1. The third kappa shape index (κ3) is 3.48. The number of nitrogens with zero attached hydrogens (tertiary/aromatic N) is 1. The van der Waals surface area contributed by atoms with Crippen LogP contribution in [0.2, 0.25) is 5.02 Å². The molecule has 1 aliphatic carbocycles. The van der Waals surface area contributed by atoms with Crippen LogP contribution in [0.15, 0.2) is 18.2 Å². The van der Waals surface area contributed by atoms with Crippen molar-refractivity contribution in [3.05, 3.63) is 23.2 Å². The van der Waals surface area contributed by atoms with Gasteiger partial charge in [0.05, 0.1) is 11.1 Å². The minimum absolute atomic E-state index is 0.154. The first-order chi connectivity index (χ1) is 9.34. The molecule has 0 aliphatic heterocycles. The molecule has 1 N–H and O–H groups in total. The number of hydrogen-bond donors (Lipinski definition) is 1. The first kappa shape index (κ1) is 14.8. The van der Waals surface area contributed by atoms with Crippen LogP contribution in [0.1, 0.15) is 25.7 Å². The number of nitriles is 1. The average molecular weight is 305 g/mol. The Bertz CT molecular complexity index is 533. The van der Waals surface area contributed by atoms with Crippen molar-refractivity contribution in [2.24, 2.45) is 0 Å². The summed E-state index contributed by atoms with van der Waals surface area (Å²) >= 11 is 5.76. The molecule has 1 saturated carbocycles. The van der Waals surface area contributed by atoms with Crippen LogP contribution >= 0.6 is 11.6 Å². The lowest BCUT2D eigenvalue weighted by molar-refractivity contribution is -0.274. The van der Waals surface area contributed by atoms with Crippen molar-refractivity contribution >= 4 is 17.3 Å². The molecule has 1 aliphatic rings. The van der Waals surface area contributed by atoms with Crippen LogP contribution < -0.4 is 10.1 Å². The van der Waals surface area contributed by atoms with Gasteiger partial charge in [-0.05, 0) is 43.9 Å². The van der Waals surface area contributed by atoms with E-state index in [4.69, 9.17) is 11.6 Å². The lowest BCUT2D eigenvalue weighted by Gasteiger charge is -2.23.